The van der Waals surface area contributed by atoms with Crippen molar-refractivity contribution in [3.05, 3.63) is 95.1 Å². The van der Waals surface area contributed by atoms with Crippen LogP contribution in [-0.4, -0.2) is 36.2 Å². The van der Waals surface area contributed by atoms with Crippen LogP contribution in [0.4, 0.5) is 13.2 Å². The van der Waals surface area contributed by atoms with Gasteiger partial charge in [-0.05, 0) is 60.3 Å². The number of methoxy groups -OCH3 is 1. The third-order valence-corrected chi connectivity index (χ3v) is 6.44. The zero-order chi connectivity index (χ0) is 25.7. The fourth-order valence-electron chi connectivity index (χ4n) is 4.65. The summed E-state index contributed by atoms with van der Waals surface area (Å²) in [6, 6.07) is 19.6. The summed E-state index contributed by atoms with van der Waals surface area (Å²) < 4.78 is 52.1. The highest BCUT2D eigenvalue weighted by Crippen LogP contribution is 2.39. The maximum atomic E-state index is 13.5. The third kappa shape index (κ3) is 5.99. The molecule has 1 aliphatic rings. The summed E-state index contributed by atoms with van der Waals surface area (Å²) in [6.07, 6.45) is -3.31. The molecule has 0 aliphatic carbocycles. The van der Waals surface area contributed by atoms with Crippen LogP contribution in [0.15, 0.2) is 72.8 Å². The van der Waals surface area contributed by atoms with Gasteiger partial charge in [-0.2, -0.15) is 13.2 Å². The highest BCUT2D eigenvalue weighted by atomic mass is 19.4. The minimum absolute atomic E-state index is 0.241. The summed E-state index contributed by atoms with van der Waals surface area (Å²) in [7, 11) is 1.51. The molecule has 1 heterocycles. The van der Waals surface area contributed by atoms with Gasteiger partial charge in [-0.3, -0.25) is 9.69 Å². The van der Waals surface area contributed by atoms with Crippen LogP contribution >= 0.6 is 0 Å². The number of piperidine rings is 1. The Hall–Kier alpha value is -3.52. The number of rotatable bonds is 8. The molecule has 8 heteroatoms. The molecule has 3 aromatic carbocycles. The zero-order valence-electron chi connectivity index (χ0n) is 19.9. The van der Waals surface area contributed by atoms with Crippen molar-refractivity contribution in [1.82, 2.24) is 4.90 Å². The summed E-state index contributed by atoms with van der Waals surface area (Å²) >= 11 is 0. The molecule has 0 spiro atoms. The van der Waals surface area contributed by atoms with E-state index in [-0.39, 0.29) is 6.54 Å². The lowest BCUT2D eigenvalue weighted by molar-refractivity contribution is -0.143. The van der Waals surface area contributed by atoms with Crippen molar-refractivity contribution >= 4 is 5.97 Å². The summed E-state index contributed by atoms with van der Waals surface area (Å²) in [5.74, 6) is -0.519. The van der Waals surface area contributed by atoms with Crippen molar-refractivity contribution in [3.8, 4) is 11.5 Å². The van der Waals surface area contributed by atoms with Gasteiger partial charge in [0, 0.05) is 6.54 Å². The molecule has 4 rings (SSSR count). The Morgan fingerprint density at radius 1 is 1.03 bits per heavy atom. The molecule has 0 amide bonds. The predicted octanol–water partition coefficient (Wildman–Crippen LogP) is 6.18. The van der Waals surface area contributed by atoms with E-state index >= 15 is 0 Å². The first-order chi connectivity index (χ1) is 17.3. The second kappa shape index (κ2) is 11.0. The van der Waals surface area contributed by atoms with Crippen molar-refractivity contribution < 1.29 is 32.5 Å². The van der Waals surface area contributed by atoms with Gasteiger partial charge in [-0.1, -0.05) is 48.5 Å². The molecule has 1 saturated heterocycles. The second-order valence-corrected chi connectivity index (χ2v) is 8.88. The molecule has 1 fully saturated rings. The van der Waals surface area contributed by atoms with Crippen LogP contribution in [0.5, 0.6) is 11.5 Å². The predicted molar refractivity (Wildman–Crippen MR) is 129 cm³/mol. The number of aliphatic carboxylic acids is 1. The first-order valence-corrected chi connectivity index (χ1v) is 11.7. The Kier molecular flexibility index (Phi) is 7.84. The Morgan fingerprint density at radius 2 is 1.78 bits per heavy atom. The van der Waals surface area contributed by atoms with Crippen LogP contribution in [0.3, 0.4) is 0 Å². The fraction of sp³-hybridized carbons (Fsp3) is 0.321. The Bertz CT molecular complexity index is 1180. The van der Waals surface area contributed by atoms with Gasteiger partial charge in [0.25, 0.3) is 0 Å². The van der Waals surface area contributed by atoms with Crippen LogP contribution < -0.4 is 9.47 Å². The maximum absolute atomic E-state index is 13.5. The van der Waals surface area contributed by atoms with Crippen molar-refractivity contribution in [3.63, 3.8) is 0 Å². The molecule has 1 aliphatic heterocycles. The summed E-state index contributed by atoms with van der Waals surface area (Å²) in [5.41, 5.74) is 1.38. The summed E-state index contributed by atoms with van der Waals surface area (Å²) in [4.78, 5) is 13.6. The molecule has 0 bridgehead atoms. The largest absolute Gasteiger partial charge is 0.493 e. The molecule has 2 atom stereocenters. The number of hydrogen-bond acceptors (Lipinski definition) is 4. The van der Waals surface area contributed by atoms with E-state index in [1.165, 1.54) is 13.2 Å². The van der Waals surface area contributed by atoms with E-state index in [1.54, 1.807) is 24.3 Å². The average molecular weight is 500 g/mol. The molecule has 3 aromatic rings. The molecule has 0 aromatic heterocycles. The van der Waals surface area contributed by atoms with Gasteiger partial charge in [0.1, 0.15) is 6.61 Å². The number of halogens is 3. The lowest BCUT2D eigenvalue weighted by Gasteiger charge is -2.38. The monoisotopic (exact) mass is 499 g/mol. The van der Waals surface area contributed by atoms with Crippen LogP contribution in [0, 0.1) is 5.92 Å². The lowest BCUT2D eigenvalue weighted by Crippen LogP contribution is -2.41. The molecule has 2 unspecified atom stereocenters. The molecule has 1 N–H and O–H groups in total. The van der Waals surface area contributed by atoms with E-state index < -0.39 is 29.7 Å². The van der Waals surface area contributed by atoms with E-state index in [4.69, 9.17) is 9.47 Å². The van der Waals surface area contributed by atoms with E-state index in [0.29, 0.717) is 48.6 Å². The third-order valence-electron chi connectivity index (χ3n) is 6.44. The molecule has 5 nitrogen and oxygen atoms in total. The topological polar surface area (TPSA) is 59.0 Å². The van der Waals surface area contributed by atoms with Gasteiger partial charge >= 0.3 is 12.1 Å². The quantitative estimate of drug-likeness (QED) is 0.401. The van der Waals surface area contributed by atoms with Crippen molar-refractivity contribution in [1.29, 1.82) is 0 Å². The minimum Gasteiger partial charge on any atom is -0.493 e. The smallest absolute Gasteiger partial charge is 0.416 e. The number of carbonyl (C=O) groups is 1. The number of ether oxygens (including phenoxy) is 2. The van der Waals surface area contributed by atoms with Crippen molar-refractivity contribution in [2.45, 2.75) is 31.7 Å². The van der Waals surface area contributed by atoms with E-state index in [1.807, 2.05) is 35.2 Å². The molecule has 190 valence electrons. The zero-order valence-corrected chi connectivity index (χ0v) is 19.9. The van der Waals surface area contributed by atoms with Gasteiger partial charge < -0.3 is 14.6 Å². The molecule has 0 saturated carbocycles. The van der Waals surface area contributed by atoms with Gasteiger partial charge in [0.05, 0.1) is 24.6 Å². The van der Waals surface area contributed by atoms with Gasteiger partial charge in [-0.25, -0.2) is 0 Å². The van der Waals surface area contributed by atoms with E-state index in [0.717, 1.165) is 17.7 Å². The Balaban J connectivity index is 1.70. The fourth-order valence-corrected chi connectivity index (χ4v) is 4.65. The van der Waals surface area contributed by atoms with E-state index in [9.17, 15) is 23.1 Å². The van der Waals surface area contributed by atoms with Crippen LogP contribution in [0.2, 0.25) is 0 Å². The van der Waals surface area contributed by atoms with Gasteiger partial charge in [0.2, 0.25) is 0 Å². The summed E-state index contributed by atoms with van der Waals surface area (Å²) in [5, 5.41) is 9.59. The number of nitrogens with zero attached hydrogens (tertiary/aromatic N) is 1. The maximum Gasteiger partial charge on any atom is 0.416 e. The number of benzene rings is 3. The number of carboxylic acids is 1. The lowest BCUT2D eigenvalue weighted by atomic mass is 9.90. The van der Waals surface area contributed by atoms with Crippen LogP contribution in [0.1, 0.15) is 41.1 Å². The normalized spacial score (nSPS) is 17.4. The van der Waals surface area contributed by atoms with Crippen LogP contribution in [-0.2, 0) is 17.6 Å². The van der Waals surface area contributed by atoms with Crippen molar-refractivity contribution in [2.24, 2.45) is 5.92 Å². The second-order valence-electron chi connectivity index (χ2n) is 8.88. The van der Waals surface area contributed by atoms with Crippen LogP contribution in [0.25, 0.3) is 0 Å². The molecule has 36 heavy (non-hydrogen) atoms. The Labute approximate surface area is 208 Å². The average Bonchev–Trinajstić information content (AvgIpc) is 2.88. The SMILES string of the molecule is COc1cc(C(c2cccc(C(F)(F)F)c2)N2CCCC(C(=O)O)C2)ccc1OCc1ccccc1. The number of hydrogen-bond donors (Lipinski definition) is 1. The summed E-state index contributed by atoms with van der Waals surface area (Å²) in [6.45, 7) is 1.14. The Morgan fingerprint density at radius 3 is 2.47 bits per heavy atom. The highest BCUT2D eigenvalue weighted by molar-refractivity contribution is 5.70. The molecule has 0 radical (unpaired) electrons. The minimum atomic E-state index is -4.49. The molecular formula is C28H28F3NO4. The van der Waals surface area contributed by atoms with Gasteiger partial charge in [-0.15, -0.1) is 0 Å². The number of likely N-dealkylation sites (tertiary alicyclic amines) is 1. The van der Waals surface area contributed by atoms with E-state index in [2.05, 4.69) is 0 Å². The molecular weight excluding hydrogens is 471 g/mol. The first-order valence-electron chi connectivity index (χ1n) is 11.7. The number of carboxylic acid groups (broad SMARTS) is 1. The van der Waals surface area contributed by atoms with Crippen molar-refractivity contribution in [2.75, 3.05) is 20.2 Å². The first kappa shape index (κ1) is 25.6. The number of alkyl halides is 3. The highest BCUT2D eigenvalue weighted by Gasteiger charge is 2.34. The standard InChI is InChI=1S/C28H28F3NO4/c1-35-25-16-21(12-13-24(25)36-18-19-7-3-2-4-8-19)26(32-14-6-10-22(17-32)27(33)34)20-9-5-11-23(15-20)28(29,30)31/h2-5,7-9,11-13,15-16,22,26H,6,10,14,17-18H2,1H3,(H,33,34). The van der Waals surface area contributed by atoms with Gasteiger partial charge in [0.15, 0.2) is 11.5 Å².